The number of rotatable bonds is 7. The zero-order valence-electron chi connectivity index (χ0n) is 13.4. The van der Waals surface area contributed by atoms with E-state index in [2.05, 4.69) is 5.16 Å². The maximum Gasteiger partial charge on any atom is 0.416 e. The van der Waals surface area contributed by atoms with E-state index in [1.54, 1.807) is 6.92 Å². The average Bonchev–Trinajstić information content (AvgIpc) is 2.89. The Morgan fingerprint density at radius 2 is 1.96 bits per heavy atom. The molecule has 1 atom stereocenters. The Balaban J connectivity index is 1.77. The Morgan fingerprint density at radius 3 is 2.50 bits per heavy atom. The molecule has 5 nitrogen and oxygen atoms in total. The first-order chi connectivity index (χ1) is 11.2. The molecule has 1 aromatic carbocycles. The topological polar surface area (TPSA) is 58.7 Å². The van der Waals surface area contributed by atoms with Crippen molar-refractivity contribution in [2.75, 3.05) is 20.2 Å². The van der Waals surface area contributed by atoms with Gasteiger partial charge in [0.05, 0.1) is 11.3 Å². The Kier molecular flexibility index (Phi) is 5.84. The van der Waals surface area contributed by atoms with Crippen LogP contribution in [0.5, 0.6) is 5.75 Å². The molecule has 0 radical (unpaired) electrons. The lowest BCUT2D eigenvalue weighted by atomic mass is 10.2. The number of aryl methyl sites for hydroxylation is 1. The standard InChI is InChI=1S/C16H19F3N2O3/c1-11-7-13(20-24-11)8-21(2)9-14(22)10-23-15-5-3-12(4-6-15)16(17,18)19/h3-7,14,22H,8-10H2,1-2H3/t14-/m1/s1. The van der Waals surface area contributed by atoms with Crippen LogP contribution in [-0.4, -0.2) is 41.5 Å². The van der Waals surface area contributed by atoms with Gasteiger partial charge in [-0.15, -0.1) is 0 Å². The lowest BCUT2D eigenvalue weighted by molar-refractivity contribution is -0.137. The van der Waals surface area contributed by atoms with Gasteiger partial charge in [0, 0.05) is 19.2 Å². The highest BCUT2D eigenvalue weighted by molar-refractivity contribution is 5.28. The van der Waals surface area contributed by atoms with Gasteiger partial charge in [-0.05, 0) is 38.2 Å². The SMILES string of the molecule is Cc1cc(CN(C)C[C@@H](O)COc2ccc(C(F)(F)F)cc2)no1. The van der Waals surface area contributed by atoms with Crippen LogP contribution < -0.4 is 4.74 Å². The van der Waals surface area contributed by atoms with E-state index in [9.17, 15) is 18.3 Å². The summed E-state index contributed by atoms with van der Waals surface area (Å²) in [6.07, 6.45) is -5.16. The molecule has 0 saturated heterocycles. The first kappa shape index (κ1) is 18.3. The molecule has 24 heavy (non-hydrogen) atoms. The van der Waals surface area contributed by atoms with Gasteiger partial charge in [-0.2, -0.15) is 13.2 Å². The maximum absolute atomic E-state index is 12.5. The van der Waals surface area contributed by atoms with Gasteiger partial charge in [-0.1, -0.05) is 5.16 Å². The number of ether oxygens (including phenoxy) is 1. The molecule has 8 heteroatoms. The van der Waals surface area contributed by atoms with Crippen molar-refractivity contribution in [3.63, 3.8) is 0 Å². The minimum Gasteiger partial charge on any atom is -0.491 e. The summed E-state index contributed by atoms with van der Waals surface area (Å²) in [6.45, 7) is 2.61. The minimum absolute atomic E-state index is 0.0203. The first-order valence-corrected chi connectivity index (χ1v) is 7.33. The number of aromatic nitrogens is 1. The Hall–Kier alpha value is -2.06. The summed E-state index contributed by atoms with van der Waals surface area (Å²) in [5.41, 5.74) is 0.0175. The largest absolute Gasteiger partial charge is 0.491 e. The van der Waals surface area contributed by atoms with Gasteiger partial charge in [-0.3, -0.25) is 4.90 Å². The normalized spacial score (nSPS) is 13.3. The molecule has 0 spiro atoms. The number of likely N-dealkylation sites (N-methyl/N-ethyl adjacent to an activating group) is 1. The molecule has 1 N–H and O–H groups in total. The lowest BCUT2D eigenvalue weighted by Gasteiger charge is -2.19. The van der Waals surface area contributed by atoms with E-state index in [4.69, 9.17) is 9.26 Å². The fourth-order valence-electron chi connectivity index (χ4n) is 2.18. The number of nitrogens with zero attached hydrogens (tertiary/aromatic N) is 2. The van der Waals surface area contributed by atoms with Crippen LogP contribution in [0.2, 0.25) is 0 Å². The summed E-state index contributed by atoms with van der Waals surface area (Å²) in [5, 5.41) is 13.8. The van der Waals surface area contributed by atoms with E-state index in [-0.39, 0.29) is 12.4 Å². The van der Waals surface area contributed by atoms with Crippen molar-refractivity contribution in [3.05, 3.63) is 47.3 Å². The molecular formula is C16H19F3N2O3. The van der Waals surface area contributed by atoms with Gasteiger partial charge in [0.25, 0.3) is 0 Å². The van der Waals surface area contributed by atoms with E-state index >= 15 is 0 Å². The molecule has 0 fully saturated rings. The zero-order valence-corrected chi connectivity index (χ0v) is 13.4. The lowest BCUT2D eigenvalue weighted by Crippen LogP contribution is -2.32. The molecule has 0 aliphatic rings. The van der Waals surface area contributed by atoms with Gasteiger partial charge < -0.3 is 14.4 Å². The third kappa shape index (κ3) is 5.54. The molecular weight excluding hydrogens is 325 g/mol. The van der Waals surface area contributed by atoms with E-state index in [1.165, 1.54) is 12.1 Å². The Labute approximate surface area is 137 Å². The van der Waals surface area contributed by atoms with Gasteiger partial charge in [0.15, 0.2) is 0 Å². The first-order valence-electron chi connectivity index (χ1n) is 7.33. The molecule has 0 saturated carbocycles. The van der Waals surface area contributed by atoms with E-state index in [0.717, 1.165) is 17.8 Å². The fraction of sp³-hybridized carbons (Fsp3) is 0.438. The predicted molar refractivity (Wildman–Crippen MR) is 80.5 cm³/mol. The third-order valence-electron chi connectivity index (χ3n) is 3.26. The quantitative estimate of drug-likeness (QED) is 0.837. The fourth-order valence-corrected chi connectivity index (χ4v) is 2.18. The van der Waals surface area contributed by atoms with Crippen molar-refractivity contribution in [1.29, 1.82) is 0 Å². The molecule has 0 bridgehead atoms. The summed E-state index contributed by atoms with van der Waals surface area (Å²) < 4.78 is 47.7. The highest BCUT2D eigenvalue weighted by Crippen LogP contribution is 2.30. The van der Waals surface area contributed by atoms with Crippen molar-refractivity contribution in [2.45, 2.75) is 25.7 Å². The zero-order chi connectivity index (χ0) is 17.7. The average molecular weight is 344 g/mol. The van der Waals surface area contributed by atoms with Crippen molar-refractivity contribution < 1.29 is 27.5 Å². The predicted octanol–water partition coefficient (Wildman–Crippen LogP) is 2.87. The second kappa shape index (κ2) is 7.67. The summed E-state index contributed by atoms with van der Waals surface area (Å²) >= 11 is 0. The molecule has 2 aromatic rings. The summed E-state index contributed by atoms with van der Waals surface area (Å²) in [4.78, 5) is 1.85. The number of alkyl halides is 3. The van der Waals surface area contributed by atoms with E-state index in [0.29, 0.717) is 18.8 Å². The van der Waals surface area contributed by atoms with Gasteiger partial charge in [-0.25, -0.2) is 0 Å². The summed E-state index contributed by atoms with van der Waals surface area (Å²) in [6, 6.07) is 6.16. The van der Waals surface area contributed by atoms with Crippen LogP contribution in [0.15, 0.2) is 34.9 Å². The number of benzene rings is 1. The number of halogens is 3. The second-order valence-corrected chi connectivity index (χ2v) is 5.61. The molecule has 1 aromatic heterocycles. The maximum atomic E-state index is 12.5. The molecule has 0 aliphatic heterocycles. The van der Waals surface area contributed by atoms with Crippen LogP contribution in [0.1, 0.15) is 17.0 Å². The van der Waals surface area contributed by atoms with Crippen molar-refractivity contribution in [1.82, 2.24) is 10.1 Å². The number of aliphatic hydroxyl groups excluding tert-OH is 1. The molecule has 2 rings (SSSR count). The van der Waals surface area contributed by atoms with Gasteiger partial charge >= 0.3 is 6.18 Å². The molecule has 0 amide bonds. The van der Waals surface area contributed by atoms with Crippen LogP contribution >= 0.6 is 0 Å². The van der Waals surface area contributed by atoms with Gasteiger partial charge in [0.1, 0.15) is 24.2 Å². The number of hydrogen-bond donors (Lipinski definition) is 1. The van der Waals surface area contributed by atoms with Crippen molar-refractivity contribution in [3.8, 4) is 5.75 Å². The number of aliphatic hydroxyl groups is 1. The highest BCUT2D eigenvalue weighted by Gasteiger charge is 2.30. The Morgan fingerprint density at radius 1 is 1.29 bits per heavy atom. The van der Waals surface area contributed by atoms with Gasteiger partial charge in [0.2, 0.25) is 0 Å². The molecule has 132 valence electrons. The van der Waals surface area contributed by atoms with Crippen LogP contribution in [-0.2, 0) is 12.7 Å². The Bertz CT molecular complexity index is 641. The second-order valence-electron chi connectivity index (χ2n) is 5.61. The van der Waals surface area contributed by atoms with Crippen LogP contribution in [0, 0.1) is 6.92 Å². The summed E-state index contributed by atoms with van der Waals surface area (Å²) in [7, 11) is 1.81. The summed E-state index contributed by atoms with van der Waals surface area (Å²) in [5.74, 6) is 0.987. The highest BCUT2D eigenvalue weighted by atomic mass is 19.4. The van der Waals surface area contributed by atoms with E-state index < -0.39 is 17.8 Å². The van der Waals surface area contributed by atoms with E-state index in [1.807, 2.05) is 18.0 Å². The minimum atomic E-state index is -4.37. The van der Waals surface area contributed by atoms with Crippen LogP contribution in [0.3, 0.4) is 0 Å². The van der Waals surface area contributed by atoms with Crippen LogP contribution in [0.4, 0.5) is 13.2 Å². The smallest absolute Gasteiger partial charge is 0.416 e. The van der Waals surface area contributed by atoms with Crippen molar-refractivity contribution in [2.24, 2.45) is 0 Å². The third-order valence-corrected chi connectivity index (χ3v) is 3.26. The molecule has 0 unspecified atom stereocenters. The number of hydrogen-bond acceptors (Lipinski definition) is 5. The molecule has 1 heterocycles. The molecule has 0 aliphatic carbocycles. The van der Waals surface area contributed by atoms with Crippen LogP contribution in [0.25, 0.3) is 0 Å². The van der Waals surface area contributed by atoms with Crippen molar-refractivity contribution >= 4 is 0 Å². The monoisotopic (exact) mass is 344 g/mol.